The number of nitrogens with zero attached hydrogens (tertiary/aromatic N) is 5. The van der Waals surface area contributed by atoms with Crippen LogP contribution < -0.4 is 0 Å². The van der Waals surface area contributed by atoms with Crippen molar-refractivity contribution in [3.63, 3.8) is 0 Å². The van der Waals surface area contributed by atoms with Crippen molar-refractivity contribution in [2.75, 3.05) is 26.2 Å². The Balaban J connectivity index is 1.29. The summed E-state index contributed by atoms with van der Waals surface area (Å²) in [7, 11) is -3.71. The van der Waals surface area contributed by atoms with Crippen LogP contribution in [0.4, 0.5) is 0 Å². The van der Waals surface area contributed by atoms with E-state index < -0.39 is 10.0 Å². The third-order valence-electron chi connectivity index (χ3n) is 5.41. The summed E-state index contributed by atoms with van der Waals surface area (Å²) in [6, 6.07) is 16.3. The van der Waals surface area contributed by atoms with Gasteiger partial charge in [0.1, 0.15) is 15.9 Å². The smallest absolute Gasteiger partial charge is 0.253 e. The second-order valence-corrected chi connectivity index (χ2v) is 9.66. The van der Waals surface area contributed by atoms with E-state index in [1.807, 2.05) is 41.2 Å². The molecule has 8 nitrogen and oxygen atoms in total. The zero-order valence-corrected chi connectivity index (χ0v) is 18.1. The van der Waals surface area contributed by atoms with Crippen molar-refractivity contribution < 1.29 is 13.2 Å². The van der Waals surface area contributed by atoms with Gasteiger partial charge in [-0.15, -0.1) is 0 Å². The van der Waals surface area contributed by atoms with E-state index in [0.717, 1.165) is 17.4 Å². The largest absolute Gasteiger partial charge is 0.336 e. The Morgan fingerprint density at radius 3 is 2.29 bits per heavy atom. The molecule has 1 amide bonds. The van der Waals surface area contributed by atoms with Gasteiger partial charge in [0.05, 0.1) is 11.7 Å². The normalized spacial score (nSPS) is 15.4. The molecule has 0 spiro atoms. The first-order valence-electron chi connectivity index (χ1n) is 9.78. The Kier molecular flexibility index (Phi) is 5.05. The first kappa shape index (κ1) is 19.9. The van der Waals surface area contributed by atoms with Gasteiger partial charge in [-0.1, -0.05) is 6.07 Å². The summed E-state index contributed by atoms with van der Waals surface area (Å²) in [5, 5.41) is 0. The van der Waals surface area contributed by atoms with Crippen molar-refractivity contribution in [3.05, 3.63) is 72.6 Å². The van der Waals surface area contributed by atoms with E-state index in [-0.39, 0.29) is 23.9 Å². The number of sulfonamides is 1. The van der Waals surface area contributed by atoms with Gasteiger partial charge >= 0.3 is 0 Å². The quantitative estimate of drug-likeness (QED) is 0.474. The molecule has 5 rings (SSSR count). The van der Waals surface area contributed by atoms with Crippen molar-refractivity contribution in [1.82, 2.24) is 22.5 Å². The average Bonchev–Trinajstić information content (AvgIpc) is 3.51. The Hall–Kier alpha value is -3.08. The van der Waals surface area contributed by atoms with Gasteiger partial charge in [0.15, 0.2) is 0 Å². The molecule has 0 unspecified atom stereocenters. The predicted molar refractivity (Wildman–Crippen MR) is 118 cm³/mol. The minimum atomic E-state index is -3.71. The van der Waals surface area contributed by atoms with Crippen molar-refractivity contribution >= 4 is 38.7 Å². The maximum absolute atomic E-state index is 13.2. The summed E-state index contributed by atoms with van der Waals surface area (Å²) in [4.78, 5) is 14.8. The van der Waals surface area contributed by atoms with E-state index in [1.54, 1.807) is 35.2 Å². The molecular formula is C21H19N5O3S2. The molecule has 0 radical (unpaired) electrons. The summed E-state index contributed by atoms with van der Waals surface area (Å²) in [6.45, 7) is 1.15. The average molecular weight is 454 g/mol. The number of carbonyl (C=O) groups is 1. The molecular weight excluding hydrogens is 434 g/mol. The van der Waals surface area contributed by atoms with Crippen LogP contribution >= 0.6 is 11.7 Å². The number of hydrogen-bond acceptors (Lipinski definition) is 6. The maximum Gasteiger partial charge on any atom is 0.253 e. The van der Waals surface area contributed by atoms with Gasteiger partial charge in [-0.2, -0.15) is 13.1 Å². The fraction of sp³-hybridized carbons (Fsp3) is 0.190. The van der Waals surface area contributed by atoms with E-state index in [4.69, 9.17) is 0 Å². The molecule has 0 aliphatic carbocycles. The van der Waals surface area contributed by atoms with Gasteiger partial charge in [-0.3, -0.25) is 4.79 Å². The minimum absolute atomic E-state index is 0.0955. The molecule has 0 N–H and O–H groups in total. The molecule has 1 aliphatic rings. The van der Waals surface area contributed by atoms with E-state index in [2.05, 4.69) is 8.75 Å². The highest BCUT2D eigenvalue weighted by molar-refractivity contribution is 7.89. The van der Waals surface area contributed by atoms with Crippen LogP contribution in [0.15, 0.2) is 71.9 Å². The summed E-state index contributed by atoms with van der Waals surface area (Å²) < 4.78 is 38.0. The molecule has 31 heavy (non-hydrogen) atoms. The Bertz CT molecular complexity index is 1320. The lowest BCUT2D eigenvalue weighted by Gasteiger charge is -2.34. The van der Waals surface area contributed by atoms with Crippen LogP contribution in [0.2, 0.25) is 0 Å². The van der Waals surface area contributed by atoms with E-state index >= 15 is 0 Å². The number of rotatable bonds is 4. The van der Waals surface area contributed by atoms with Crippen LogP contribution in [0.25, 0.3) is 16.7 Å². The second kappa shape index (κ2) is 7.88. The number of amides is 1. The zero-order valence-electron chi connectivity index (χ0n) is 16.5. The molecule has 10 heteroatoms. The number of carbonyl (C=O) groups excluding carboxylic acids is 1. The number of fused-ring (bicyclic) bond motifs is 1. The molecule has 2 aromatic heterocycles. The number of hydrogen-bond donors (Lipinski definition) is 0. The summed E-state index contributed by atoms with van der Waals surface area (Å²) in [5.41, 5.74) is 2.53. The highest BCUT2D eigenvalue weighted by Gasteiger charge is 2.32. The van der Waals surface area contributed by atoms with Crippen molar-refractivity contribution in [2.45, 2.75) is 4.90 Å². The lowest BCUT2D eigenvalue weighted by atomic mass is 10.1. The van der Waals surface area contributed by atoms with Crippen LogP contribution in [0, 0.1) is 0 Å². The lowest BCUT2D eigenvalue weighted by molar-refractivity contribution is 0.0698. The third kappa shape index (κ3) is 3.62. The van der Waals surface area contributed by atoms with Gasteiger partial charge in [-0.25, -0.2) is 8.42 Å². The number of aromatic nitrogens is 3. The Morgan fingerprint density at radius 2 is 1.58 bits per heavy atom. The fourth-order valence-electron chi connectivity index (χ4n) is 3.73. The van der Waals surface area contributed by atoms with Gasteiger partial charge in [0.25, 0.3) is 5.91 Å². The van der Waals surface area contributed by atoms with Gasteiger partial charge in [-0.05, 0) is 48.5 Å². The lowest BCUT2D eigenvalue weighted by Crippen LogP contribution is -2.50. The molecule has 1 saturated heterocycles. The zero-order chi connectivity index (χ0) is 21.4. The topological polar surface area (TPSA) is 88.4 Å². The summed E-state index contributed by atoms with van der Waals surface area (Å²) in [6.07, 6.45) is 3.89. The highest BCUT2D eigenvalue weighted by Crippen LogP contribution is 2.25. The van der Waals surface area contributed by atoms with Crippen LogP contribution in [-0.2, 0) is 10.0 Å². The Morgan fingerprint density at radius 1 is 0.871 bits per heavy atom. The van der Waals surface area contributed by atoms with Crippen LogP contribution in [0.1, 0.15) is 10.4 Å². The van der Waals surface area contributed by atoms with Crippen molar-refractivity contribution in [1.29, 1.82) is 0 Å². The molecule has 2 aromatic carbocycles. The van der Waals surface area contributed by atoms with Gasteiger partial charge in [0, 0.05) is 49.8 Å². The van der Waals surface area contributed by atoms with Crippen LogP contribution in [0.5, 0.6) is 0 Å². The predicted octanol–water partition coefficient (Wildman–Crippen LogP) is 2.63. The van der Waals surface area contributed by atoms with Crippen LogP contribution in [0.3, 0.4) is 0 Å². The van der Waals surface area contributed by atoms with E-state index in [1.165, 1.54) is 4.31 Å². The van der Waals surface area contributed by atoms with Gasteiger partial charge < -0.3 is 9.47 Å². The van der Waals surface area contributed by atoms with E-state index in [9.17, 15) is 13.2 Å². The number of benzene rings is 2. The Labute approximate surface area is 183 Å². The molecule has 1 fully saturated rings. The fourth-order valence-corrected chi connectivity index (χ4v) is 5.90. The third-order valence-corrected chi connectivity index (χ3v) is 7.88. The molecule has 158 valence electrons. The number of piperazine rings is 1. The van der Waals surface area contributed by atoms with Crippen LogP contribution in [-0.4, -0.2) is 63.0 Å². The summed E-state index contributed by atoms with van der Waals surface area (Å²) in [5.74, 6) is -0.0955. The van der Waals surface area contributed by atoms with E-state index in [0.29, 0.717) is 29.7 Å². The monoisotopic (exact) mass is 453 g/mol. The van der Waals surface area contributed by atoms with Gasteiger partial charge in [0.2, 0.25) is 10.0 Å². The van der Waals surface area contributed by atoms with Crippen molar-refractivity contribution in [3.8, 4) is 5.69 Å². The SMILES string of the molecule is O=C(c1ccc(-n2cccc2)cc1)N1CCN(S(=O)(=O)c2cccc3nsnc23)CC1. The minimum Gasteiger partial charge on any atom is -0.336 e. The second-order valence-electron chi connectivity index (χ2n) is 7.22. The highest BCUT2D eigenvalue weighted by atomic mass is 32.2. The molecule has 0 atom stereocenters. The molecule has 1 aliphatic heterocycles. The van der Waals surface area contributed by atoms with Crippen molar-refractivity contribution in [2.24, 2.45) is 0 Å². The standard InChI is InChI=1S/C21H19N5O3S2/c27-21(16-6-8-17(9-7-16)24-10-1-2-11-24)25-12-14-26(15-13-25)31(28,29)19-5-3-4-18-20(19)23-30-22-18/h1-11H,12-15H2. The first-order valence-corrected chi connectivity index (χ1v) is 12.0. The molecule has 4 aromatic rings. The maximum atomic E-state index is 13.2. The summed E-state index contributed by atoms with van der Waals surface area (Å²) >= 11 is 0.994. The molecule has 0 saturated carbocycles. The first-order chi connectivity index (χ1) is 15.0. The molecule has 3 heterocycles. The molecule has 0 bridgehead atoms.